The van der Waals surface area contributed by atoms with Crippen LogP contribution in [0.25, 0.3) is 0 Å². The van der Waals surface area contributed by atoms with Gasteiger partial charge in [-0.05, 0) is 39.1 Å². The Morgan fingerprint density at radius 1 is 1.29 bits per heavy atom. The fraction of sp³-hybridized carbons (Fsp3) is 0.733. The Morgan fingerprint density at radius 3 is 2.71 bits per heavy atom. The molecule has 0 aromatic carbocycles. The molecule has 1 aromatic heterocycles. The number of nitrogens with zero attached hydrogens (tertiary/aromatic N) is 3. The Balaban J connectivity index is 1.97. The summed E-state index contributed by atoms with van der Waals surface area (Å²) < 4.78 is 0. The van der Waals surface area contributed by atoms with Gasteiger partial charge in [0.1, 0.15) is 11.6 Å². The fourth-order valence-corrected chi connectivity index (χ4v) is 2.95. The van der Waals surface area contributed by atoms with Crippen LogP contribution in [0.1, 0.15) is 32.6 Å². The summed E-state index contributed by atoms with van der Waals surface area (Å²) in [6, 6.07) is 2.62. The number of anilines is 2. The molecular weight excluding hydrogens is 282 g/mol. The number of piperidine rings is 1. The molecule has 2 rings (SSSR count). The molecule has 1 aliphatic heterocycles. The highest BCUT2D eigenvalue weighted by Crippen LogP contribution is 2.19. The van der Waals surface area contributed by atoms with E-state index < -0.39 is 0 Å². The molecule has 0 amide bonds. The highest BCUT2D eigenvalue weighted by Gasteiger charge is 2.18. The molecule has 5 nitrogen and oxygen atoms in total. The van der Waals surface area contributed by atoms with Crippen molar-refractivity contribution >= 4 is 23.4 Å². The molecule has 1 aliphatic rings. The van der Waals surface area contributed by atoms with E-state index in [9.17, 15) is 0 Å². The predicted molar refractivity (Wildman–Crippen MR) is 91.4 cm³/mol. The molecule has 1 aromatic rings. The van der Waals surface area contributed by atoms with Crippen molar-refractivity contribution in [2.45, 2.75) is 43.8 Å². The standard InChI is InChI=1S/C15H27N5S/c1-4-8-16-13-10-14(19-15(18-13)21-3)17-11-12-7-5-6-9-20(12)2/h10,12H,4-9,11H2,1-3H3,(H2,16,17,18,19). The first-order valence-corrected chi connectivity index (χ1v) is 9.06. The van der Waals surface area contributed by atoms with Crippen LogP contribution in [0.2, 0.25) is 0 Å². The number of hydrogen-bond donors (Lipinski definition) is 2. The van der Waals surface area contributed by atoms with Gasteiger partial charge in [0.25, 0.3) is 0 Å². The van der Waals surface area contributed by atoms with E-state index in [1.165, 1.54) is 25.8 Å². The van der Waals surface area contributed by atoms with E-state index >= 15 is 0 Å². The van der Waals surface area contributed by atoms with E-state index in [4.69, 9.17) is 0 Å². The minimum Gasteiger partial charge on any atom is -0.370 e. The average molecular weight is 309 g/mol. The summed E-state index contributed by atoms with van der Waals surface area (Å²) in [5, 5.41) is 7.65. The molecule has 0 saturated carbocycles. The third kappa shape index (κ3) is 5.04. The van der Waals surface area contributed by atoms with Crippen molar-refractivity contribution in [2.24, 2.45) is 0 Å². The minimum atomic E-state index is 0.610. The molecular formula is C15H27N5S. The maximum Gasteiger partial charge on any atom is 0.191 e. The Kier molecular flexibility index (Phi) is 6.57. The van der Waals surface area contributed by atoms with E-state index in [1.807, 2.05) is 12.3 Å². The lowest BCUT2D eigenvalue weighted by molar-refractivity contribution is 0.194. The highest BCUT2D eigenvalue weighted by molar-refractivity contribution is 7.98. The zero-order valence-electron chi connectivity index (χ0n) is 13.4. The van der Waals surface area contributed by atoms with Gasteiger partial charge in [0.15, 0.2) is 5.16 Å². The summed E-state index contributed by atoms with van der Waals surface area (Å²) in [5.41, 5.74) is 0. The molecule has 21 heavy (non-hydrogen) atoms. The van der Waals surface area contributed by atoms with Crippen molar-refractivity contribution in [2.75, 3.05) is 43.6 Å². The first-order valence-electron chi connectivity index (χ1n) is 7.84. The summed E-state index contributed by atoms with van der Waals surface area (Å²) in [4.78, 5) is 11.5. The first kappa shape index (κ1) is 16.4. The van der Waals surface area contributed by atoms with Crippen LogP contribution in [0.5, 0.6) is 0 Å². The van der Waals surface area contributed by atoms with Crippen LogP contribution in [0.3, 0.4) is 0 Å². The van der Waals surface area contributed by atoms with Gasteiger partial charge in [0, 0.05) is 25.2 Å². The second-order valence-electron chi connectivity index (χ2n) is 5.56. The number of aromatic nitrogens is 2. The Hall–Kier alpha value is -1.01. The van der Waals surface area contributed by atoms with Crippen LogP contribution in [0.4, 0.5) is 11.6 Å². The number of nitrogens with one attached hydrogen (secondary N) is 2. The molecule has 2 N–H and O–H groups in total. The Morgan fingerprint density at radius 2 is 2.05 bits per heavy atom. The lowest BCUT2D eigenvalue weighted by atomic mass is 10.0. The van der Waals surface area contributed by atoms with Crippen molar-refractivity contribution < 1.29 is 0 Å². The molecule has 1 fully saturated rings. The summed E-state index contributed by atoms with van der Waals surface area (Å²) >= 11 is 1.58. The van der Waals surface area contributed by atoms with Crippen LogP contribution in [0.15, 0.2) is 11.2 Å². The number of likely N-dealkylation sites (tertiary alicyclic amines) is 1. The molecule has 0 radical (unpaired) electrons. The van der Waals surface area contributed by atoms with Gasteiger partial charge in [-0.25, -0.2) is 9.97 Å². The van der Waals surface area contributed by atoms with Crippen molar-refractivity contribution in [1.82, 2.24) is 14.9 Å². The number of thioether (sulfide) groups is 1. The van der Waals surface area contributed by atoms with Crippen molar-refractivity contribution in [3.63, 3.8) is 0 Å². The summed E-state index contributed by atoms with van der Waals surface area (Å²) in [5.74, 6) is 1.84. The molecule has 1 unspecified atom stereocenters. The van der Waals surface area contributed by atoms with Crippen LogP contribution in [-0.2, 0) is 0 Å². The average Bonchev–Trinajstić information content (AvgIpc) is 2.52. The van der Waals surface area contributed by atoms with Crippen LogP contribution in [0, 0.1) is 0 Å². The maximum absolute atomic E-state index is 4.55. The van der Waals surface area contributed by atoms with Gasteiger partial charge in [0.2, 0.25) is 0 Å². The molecule has 1 atom stereocenters. The summed E-state index contributed by atoms with van der Waals surface area (Å²) in [7, 11) is 2.22. The van der Waals surface area contributed by atoms with Gasteiger partial charge in [-0.3, -0.25) is 0 Å². The topological polar surface area (TPSA) is 53.1 Å². The molecule has 0 aliphatic carbocycles. The van der Waals surface area contributed by atoms with Crippen LogP contribution in [-0.4, -0.2) is 53.8 Å². The van der Waals surface area contributed by atoms with E-state index in [1.54, 1.807) is 11.8 Å². The van der Waals surface area contributed by atoms with Crippen molar-refractivity contribution in [3.05, 3.63) is 6.07 Å². The summed E-state index contributed by atoms with van der Waals surface area (Å²) in [6.07, 6.45) is 7.03. The predicted octanol–water partition coefficient (Wildman–Crippen LogP) is 2.92. The Labute approximate surface area is 132 Å². The molecule has 2 heterocycles. The van der Waals surface area contributed by atoms with Crippen molar-refractivity contribution in [1.29, 1.82) is 0 Å². The second-order valence-corrected chi connectivity index (χ2v) is 6.34. The van der Waals surface area contributed by atoms with Gasteiger partial charge in [-0.15, -0.1) is 0 Å². The zero-order chi connectivity index (χ0) is 15.1. The van der Waals surface area contributed by atoms with Crippen molar-refractivity contribution in [3.8, 4) is 0 Å². The quantitative estimate of drug-likeness (QED) is 0.597. The third-order valence-electron chi connectivity index (χ3n) is 3.88. The lowest BCUT2D eigenvalue weighted by Gasteiger charge is -2.32. The van der Waals surface area contributed by atoms with E-state index in [0.717, 1.165) is 36.3 Å². The van der Waals surface area contributed by atoms with Gasteiger partial charge >= 0.3 is 0 Å². The molecule has 0 bridgehead atoms. The molecule has 6 heteroatoms. The molecule has 118 valence electrons. The smallest absolute Gasteiger partial charge is 0.191 e. The van der Waals surface area contributed by atoms with Crippen LogP contribution >= 0.6 is 11.8 Å². The minimum absolute atomic E-state index is 0.610. The van der Waals surface area contributed by atoms with E-state index in [-0.39, 0.29) is 0 Å². The SMILES string of the molecule is CCCNc1cc(NCC2CCCCN2C)nc(SC)n1. The lowest BCUT2D eigenvalue weighted by Crippen LogP contribution is -2.40. The Bertz CT molecular complexity index is 440. The fourth-order valence-electron chi connectivity index (χ4n) is 2.58. The van der Waals surface area contributed by atoms with Gasteiger partial charge < -0.3 is 15.5 Å². The zero-order valence-corrected chi connectivity index (χ0v) is 14.2. The maximum atomic E-state index is 4.55. The van der Waals surface area contributed by atoms with Gasteiger partial charge in [-0.2, -0.15) is 0 Å². The number of rotatable bonds is 7. The van der Waals surface area contributed by atoms with Gasteiger partial charge in [0.05, 0.1) is 0 Å². The second kappa shape index (κ2) is 8.44. The monoisotopic (exact) mass is 309 g/mol. The van der Waals surface area contributed by atoms with E-state index in [0.29, 0.717) is 6.04 Å². The number of likely N-dealkylation sites (N-methyl/N-ethyl adjacent to an activating group) is 1. The first-order chi connectivity index (χ1) is 10.2. The summed E-state index contributed by atoms with van der Waals surface area (Å²) in [6.45, 7) is 5.25. The molecule has 0 spiro atoms. The molecule has 1 saturated heterocycles. The normalized spacial score (nSPS) is 19.5. The third-order valence-corrected chi connectivity index (χ3v) is 4.43. The highest BCUT2D eigenvalue weighted by atomic mass is 32.2. The van der Waals surface area contributed by atoms with Gasteiger partial charge in [-0.1, -0.05) is 25.1 Å². The number of hydrogen-bond acceptors (Lipinski definition) is 6. The van der Waals surface area contributed by atoms with E-state index in [2.05, 4.69) is 39.5 Å². The largest absolute Gasteiger partial charge is 0.370 e. The van der Waals surface area contributed by atoms with Crippen LogP contribution < -0.4 is 10.6 Å².